The number of fused-ring (bicyclic) bond motifs is 3. The summed E-state index contributed by atoms with van der Waals surface area (Å²) in [4.78, 5) is 41.6. The second-order valence-electron chi connectivity index (χ2n) is 11.3. The molecule has 0 saturated heterocycles. The van der Waals surface area contributed by atoms with Gasteiger partial charge in [0.2, 0.25) is 5.91 Å². The maximum absolute atomic E-state index is 13.7. The molecule has 1 aliphatic rings. The Hall–Kier alpha value is -3.85. The Morgan fingerprint density at radius 3 is 2.55 bits per heavy atom. The van der Waals surface area contributed by atoms with Gasteiger partial charge in [-0.25, -0.2) is 4.79 Å². The molecule has 1 saturated carbocycles. The fourth-order valence-electron chi connectivity index (χ4n) is 5.56. The predicted octanol–water partition coefficient (Wildman–Crippen LogP) is 5.92. The fourth-order valence-corrected chi connectivity index (χ4v) is 5.82. The first kappa shape index (κ1) is 27.7. The lowest BCUT2D eigenvalue weighted by Crippen LogP contribution is -2.46. The minimum Gasteiger partial charge on any atom is -0.444 e. The van der Waals surface area contributed by atoms with Crippen molar-refractivity contribution in [2.75, 3.05) is 7.05 Å². The van der Waals surface area contributed by atoms with Gasteiger partial charge in [-0.05, 0) is 64.7 Å². The van der Waals surface area contributed by atoms with Gasteiger partial charge in [0.1, 0.15) is 28.3 Å². The van der Waals surface area contributed by atoms with Crippen LogP contribution in [0.25, 0.3) is 21.8 Å². The van der Waals surface area contributed by atoms with Crippen molar-refractivity contribution in [1.82, 2.24) is 19.9 Å². The van der Waals surface area contributed by atoms with E-state index in [9.17, 15) is 14.4 Å². The maximum Gasteiger partial charge on any atom is 0.410 e. The van der Waals surface area contributed by atoms with Gasteiger partial charge in [0, 0.05) is 24.5 Å². The summed E-state index contributed by atoms with van der Waals surface area (Å²) in [7, 11) is 1.56. The van der Waals surface area contributed by atoms with Crippen molar-refractivity contribution >= 4 is 45.4 Å². The van der Waals surface area contributed by atoms with Crippen LogP contribution in [-0.4, -0.2) is 45.3 Å². The summed E-state index contributed by atoms with van der Waals surface area (Å²) in [5.74, 6) is 0.130. The van der Waals surface area contributed by atoms with E-state index in [0.717, 1.165) is 0 Å². The smallest absolute Gasteiger partial charge is 0.410 e. The molecule has 2 heterocycles. The van der Waals surface area contributed by atoms with Crippen molar-refractivity contribution < 1.29 is 18.8 Å². The lowest BCUT2D eigenvalue weighted by molar-refractivity contribution is -0.127. The van der Waals surface area contributed by atoms with E-state index in [2.05, 4.69) is 10.5 Å². The largest absolute Gasteiger partial charge is 0.444 e. The van der Waals surface area contributed by atoms with Crippen LogP contribution in [0, 0.1) is 6.92 Å². The van der Waals surface area contributed by atoms with E-state index in [0.29, 0.717) is 57.4 Å². The minimum atomic E-state index is -0.881. The Bertz CT molecular complexity index is 1640. The molecule has 2 amide bonds. The summed E-state index contributed by atoms with van der Waals surface area (Å²) in [6, 6.07) is 13.3. The molecule has 2 aromatic carbocycles. The molecule has 1 fully saturated rings. The van der Waals surface area contributed by atoms with Crippen molar-refractivity contribution in [3.05, 3.63) is 75.2 Å². The molecule has 2 aromatic heterocycles. The molecule has 4 aromatic rings. The van der Waals surface area contributed by atoms with Gasteiger partial charge in [-0.1, -0.05) is 53.2 Å². The molecule has 1 N–H and O–H groups in total. The Kier molecular flexibility index (Phi) is 7.35. The lowest BCUT2D eigenvalue weighted by atomic mass is 10.0. The molecule has 1 aliphatic carbocycles. The fraction of sp³-hybridized carbons (Fsp3) is 0.400. The van der Waals surface area contributed by atoms with E-state index in [4.69, 9.17) is 20.9 Å². The number of amides is 2. The Morgan fingerprint density at radius 1 is 1.12 bits per heavy atom. The average Bonchev–Trinajstić information content (AvgIpc) is 3.50. The lowest BCUT2D eigenvalue weighted by Gasteiger charge is -2.31. The first-order valence-electron chi connectivity index (χ1n) is 13.4. The van der Waals surface area contributed by atoms with Crippen molar-refractivity contribution in [3.63, 3.8) is 0 Å². The highest BCUT2D eigenvalue weighted by Gasteiger charge is 2.35. The quantitative estimate of drug-likeness (QED) is 0.322. The summed E-state index contributed by atoms with van der Waals surface area (Å²) in [5.41, 5.74) is 0.922. The van der Waals surface area contributed by atoms with Crippen molar-refractivity contribution in [2.45, 2.75) is 70.7 Å². The van der Waals surface area contributed by atoms with Crippen molar-refractivity contribution in [3.8, 4) is 0 Å². The molecule has 5 rings (SSSR count). The summed E-state index contributed by atoms with van der Waals surface area (Å²) < 4.78 is 12.7. The molecular weight excluding hydrogens is 532 g/mol. The van der Waals surface area contributed by atoms with Crippen molar-refractivity contribution in [2.24, 2.45) is 0 Å². The van der Waals surface area contributed by atoms with E-state index in [1.54, 1.807) is 45.4 Å². The summed E-state index contributed by atoms with van der Waals surface area (Å²) >= 11 is 6.57. The molecule has 0 bridgehead atoms. The zero-order valence-corrected chi connectivity index (χ0v) is 24.0. The number of aryl methyl sites for hydroxylation is 1. The van der Waals surface area contributed by atoms with E-state index in [-0.39, 0.29) is 23.6 Å². The second-order valence-corrected chi connectivity index (χ2v) is 11.8. The topological polar surface area (TPSA) is 107 Å². The van der Waals surface area contributed by atoms with Crippen LogP contribution in [0.4, 0.5) is 4.79 Å². The van der Waals surface area contributed by atoms with Gasteiger partial charge in [0.25, 0.3) is 5.56 Å². The summed E-state index contributed by atoms with van der Waals surface area (Å²) in [5, 5.41) is 8.83. The van der Waals surface area contributed by atoms with Gasteiger partial charge in [-0.15, -0.1) is 0 Å². The number of nitrogens with one attached hydrogen (secondary N) is 1. The highest BCUT2D eigenvalue weighted by molar-refractivity contribution is 6.37. The number of nitrogens with zero attached hydrogens (tertiary/aromatic N) is 3. The number of hydrogen-bond acceptors (Lipinski definition) is 6. The van der Waals surface area contributed by atoms with Crippen LogP contribution in [-0.2, 0) is 9.53 Å². The number of likely N-dealkylation sites (N-methyl/N-ethyl adjacent to an activating group) is 1. The standard InChI is InChI=1S/C30H33ClN4O5/c1-17-23-25(33-40-17)24-21(31)12-9-13-22(24)35(28(23)37)20-15-14-19(16-20)32-27(36)26(18-10-7-6-8-11-18)34(5)29(38)39-30(2,3)4/h6-13,19-20,26H,14-16H2,1-5H3,(H,32,36). The molecule has 0 aliphatic heterocycles. The molecular formula is C30H33ClN4O5. The van der Waals surface area contributed by atoms with Crippen molar-refractivity contribution in [1.29, 1.82) is 0 Å². The van der Waals surface area contributed by atoms with E-state index < -0.39 is 17.7 Å². The van der Waals surface area contributed by atoms with E-state index >= 15 is 0 Å². The van der Waals surface area contributed by atoms with Crippen LogP contribution in [0.1, 0.15) is 63.4 Å². The molecule has 0 spiro atoms. The molecule has 210 valence electrons. The molecule has 9 nitrogen and oxygen atoms in total. The second kappa shape index (κ2) is 10.6. The Labute approximate surface area is 237 Å². The number of rotatable bonds is 5. The first-order chi connectivity index (χ1) is 19.0. The summed E-state index contributed by atoms with van der Waals surface area (Å²) in [6.07, 6.45) is 1.30. The Balaban J connectivity index is 1.43. The van der Waals surface area contributed by atoms with Gasteiger partial charge in [0.05, 0.1) is 10.5 Å². The SMILES string of the molecule is Cc1onc2c1c(=O)n(C1CCC(NC(=O)C(c3ccccc3)N(C)C(=O)OC(C)(C)C)C1)c1cccc(Cl)c21. The zero-order valence-electron chi connectivity index (χ0n) is 23.2. The summed E-state index contributed by atoms with van der Waals surface area (Å²) in [6.45, 7) is 7.07. The van der Waals surface area contributed by atoms with Gasteiger partial charge < -0.3 is 19.1 Å². The number of aromatic nitrogens is 2. The number of carbonyl (C=O) groups excluding carboxylic acids is 2. The number of benzene rings is 2. The van der Waals surface area contributed by atoms with Crippen LogP contribution in [0.3, 0.4) is 0 Å². The van der Waals surface area contributed by atoms with Gasteiger partial charge >= 0.3 is 6.09 Å². The minimum absolute atomic E-state index is 0.170. The third kappa shape index (κ3) is 5.18. The Morgan fingerprint density at radius 2 is 1.85 bits per heavy atom. The van der Waals surface area contributed by atoms with Crippen LogP contribution in [0.15, 0.2) is 57.8 Å². The molecule has 0 radical (unpaired) electrons. The van der Waals surface area contributed by atoms with Crippen LogP contribution >= 0.6 is 11.6 Å². The van der Waals surface area contributed by atoms with E-state index in [1.165, 1.54) is 4.90 Å². The predicted molar refractivity (Wildman–Crippen MR) is 154 cm³/mol. The third-order valence-corrected chi connectivity index (χ3v) is 7.65. The number of ether oxygens (including phenoxy) is 1. The van der Waals surface area contributed by atoms with Gasteiger partial charge in [0.15, 0.2) is 0 Å². The number of carbonyl (C=O) groups is 2. The number of halogens is 1. The number of hydrogen-bond donors (Lipinski definition) is 1. The van der Waals surface area contributed by atoms with E-state index in [1.807, 2.05) is 42.5 Å². The first-order valence-corrected chi connectivity index (χ1v) is 13.7. The number of pyridine rings is 1. The van der Waals surface area contributed by atoms with Crippen LogP contribution in [0.2, 0.25) is 5.02 Å². The van der Waals surface area contributed by atoms with Crippen LogP contribution in [0.5, 0.6) is 0 Å². The van der Waals surface area contributed by atoms with Gasteiger partial charge in [-0.2, -0.15) is 0 Å². The normalized spacial score (nSPS) is 18.1. The molecule has 40 heavy (non-hydrogen) atoms. The zero-order chi connectivity index (χ0) is 28.8. The third-order valence-electron chi connectivity index (χ3n) is 7.33. The van der Waals surface area contributed by atoms with Gasteiger partial charge in [-0.3, -0.25) is 14.5 Å². The highest BCUT2D eigenvalue weighted by atomic mass is 35.5. The monoisotopic (exact) mass is 564 g/mol. The van der Waals surface area contributed by atoms with Crippen LogP contribution < -0.4 is 10.9 Å². The highest BCUT2D eigenvalue weighted by Crippen LogP contribution is 2.36. The average molecular weight is 565 g/mol. The maximum atomic E-state index is 13.7. The molecule has 3 atom stereocenters. The molecule has 10 heteroatoms. The molecule has 3 unspecified atom stereocenters.